The first-order chi connectivity index (χ1) is 8.99. The number of nitro groups is 1. The molecule has 1 fully saturated rings. The number of carbonyl (C=O) groups excluding carboxylic acids is 1. The zero-order chi connectivity index (χ0) is 14.0. The number of amides is 1. The van der Waals surface area contributed by atoms with Crippen LogP contribution in [0.4, 0.5) is 5.69 Å². The molecule has 2 rings (SSSR count). The van der Waals surface area contributed by atoms with Gasteiger partial charge in [-0.2, -0.15) is 0 Å². The van der Waals surface area contributed by atoms with E-state index in [1.54, 1.807) is 11.8 Å². The van der Waals surface area contributed by atoms with Gasteiger partial charge in [-0.25, -0.2) is 0 Å². The standard InChI is InChI=1S/C13H16N2O4/c1-9(16)11-6-7-14(8-11)13(17)10-2-4-12(5-3-10)15(18)19/h2-5,9,11,16H,6-8H2,1H3. The lowest BCUT2D eigenvalue weighted by Crippen LogP contribution is -2.30. The Kier molecular flexibility index (Phi) is 3.80. The number of nitro benzene ring substituents is 1. The van der Waals surface area contributed by atoms with E-state index in [2.05, 4.69) is 0 Å². The lowest BCUT2D eigenvalue weighted by molar-refractivity contribution is -0.384. The van der Waals surface area contributed by atoms with E-state index < -0.39 is 11.0 Å². The highest BCUT2D eigenvalue weighted by atomic mass is 16.6. The third-order valence-corrected chi connectivity index (χ3v) is 3.52. The molecule has 102 valence electrons. The molecule has 19 heavy (non-hydrogen) atoms. The van der Waals surface area contributed by atoms with Gasteiger partial charge in [-0.3, -0.25) is 14.9 Å². The number of non-ortho nitro benzene ring substituents is 1. The monoisotopic (exact) mass is 264 g/mol. The van der Waals surface area contributed by atoms with Crippen LogP contribution in [-0.2, 0) is 0 Å². The maximum absolute atomic E-state index is 12.2. The summed E-state index contributed by atoms with van der Waals surface area (Å²) in [5, 5.41) is 20.0. The number of rotatable bonds is 3. The van der Waals surface area contributed by atoms with E-state index >= 15 is 0 Å². The van der Waals surface area contributed by atoms with Gasteiger partial charge in [0.1, 0.15) is 0 Å². The smallest absolute Gasteiger partial charge is 0.269 e. The average Bonchev–Trinajstić information content (AvgIpc) is 2.87. The van der Waals surface area contributed by atoms with E-state index in [0.29, 0.717) is 18.7 Å². The zero-order valence-electron chi connectivity index (χ0n) is 10.7. The number of nitrogens with zero attached hydrogens (tertiary/aromatic N) is 2. The molecule has 1 aliphatic rings. The SMILES string of the molecule is CC(O)C1CCN(C(=O)c2ccc([N+](=O)[O-])cc2)C1. The van der Waals surface area contributed by atoms with Gasteiger partial charge in [-0.1, -0.05) is 0 Å². The fourth-order valence-corrected chi connectivity index (χ4v) is 2.27. The largest absolute Gasteiger partial charge is 0.393 e. The fraction of sp³-hybridized carbons (Fsp3) is 0.462. The van der Waals surface area contributed by atoms with Crippen LogP contribution in [0.3, 0.4) is 0 Å². The van der Waals surface area contributed by atoms with Crippen LogP contribution in [0.15, 0.2) is 24.3 Å². The third kappa shape index (κ3) is 2.90. The first-order valence-corrected chi connectivity index (χ1v) is 6.21. The minimum atomic E-state index is -0.492. The lowest BCUT2D eigenvalue weighted by atomic mass is 10.0. The highest BCUT2D eigenvalue weighted by Gasteiger charge is 2.29. The Balaban J connectivity index is 2.06. The van der Waals surface area contributed by atoms with E-state index in [1.165, 1.54) is 24.3 Å². The number of aliphatic hydroxyl groups is 1. The van der Waals surface area contributed by atoms with Crippen molar-refractivity contribution in [2.75, 3.05) is 13.1 Å². The zero-order valence-corrected chi connectivity index (χ0v) is 10.7. The first-order valence-electron chi connectivity index (χ1n) is 6.21. The highest BCUT2D eigenvalue weighted by Crippen LogP contribution is 2.22. The van der Waals surface area contributed by atoms with Crippen LogP contribution in [0.2, 0.25) is 0 Å². The fourth-order valence-electron chi connectivity index (χ4n) is 2.27. The van der Waals surface area contributed by atoms with Gasteiger partial charge in [0.25, 0.3) is 11.6 Å². The minimum absolute atomic E-state index is 0.0279. The Bertz CT molecular complexity index is 484. The molecule has 1 aromatic rings. The van der Waals surface area contributed by atoms with Gasteiger partial charge in [-0.15, -0.1) is 0 Å². The summed E-state index contributed by atoms with van der Waals surface area (Å²) in [5.41, 5.74) is 0.414. The number of benzene rings is 1. The van der Waals surface area contributed by atoms with E-state index in [-0.39, 0.29) is 17.5 Å². The van der Waals surface area contributed by atoms with Crippen molar-refractivity contribution in [3.8, 4) is 0 Å². The Hall–Kier alpha value is -1.95. The molecule has 0 aliphatic carbocycles. The first kappa shape index (κ1) is 13.5. The maximum Gasteiger partial charge on any atom is 0.269 e. The molecule has 0 aromatic heterocycles. The van der Waals surface area contributed by atoms with E-state index in [4.69, 9.17) is 0 Å². The van der Waals surface area contributed by atoms with E-state index in [1.807, 2.05) is 0 Å². The number of hydrogen-bond donors (Lipinski definition) is 1. The second kappa shape index (κ2) is 5.36. The average molecular weight is 264 g/mol. The van der Waals surface area contributed by atoms with Gasteiger partial charge in [0.15, 0.2) is 0 Å². The molecular formula is C13H16N2O4. The molecule has 1 N–H and O–H groups in total. The van der Waals surface area contributed by atoms with Gasteiger partial charge in [-0.05, 0) is 25.5 Å². The summed E-state index contributed by atoms with van der Waals surface area (Å²) >= 11 is 0. The van der Waals surface area contributed by atoms with Crippen molar-refractivity contribution in [2.45, 2.75) is 19.4 Å². The van der Waals surface area contributed by atoms with Crippen LogP contribution < -0.4 is 0 Å². The van der Waals surface area contributed by atoms with Crippen molar-refractivity contribution in [2.24, 2.45) is 5.92 Å². The van der Waals surface area contributed by atoms with Crippen LogP contribution in [-0.4, -0.2) is 40.0 Å². The van der Waals surface area contributed by atoms with Crippen LogP contribution in [0.25, 0.3) is 0 Å². The van der Waals surface area contributed by atoms with Gasteiger partial charge in [0.05, 0.1) is 11.0 Å². The van der Waals surface area contributed by atoms with Gasteiger partial charge < -0.3 is 10.0 Å². The number of aliphatic hydroxyl groups excluding tert-OH is 1. The lowest BCUT2D eigenvalue weighted by Gasteiger charge is -2.17. The molecule has 2 atom stereocenters. The summed E-state index contributed by atoms with van der Waals surface area (Å²) in [6.45, 7) is 2.88. The van der Waals surface area contributed by atoms with Crippen molar-refractivity contribution in [1.82, 2.24) is 4.90 Å². The predicted octanol–water partition coefficient (Wildman–Crippen LogP) is 1.44. The van der Waals surface area contributed by atoms with Gasteiger partial charge in [0, 0.05) is 36.7 Å². The van der Waals surface area contributed by atoms with Crippen molar-refractivity contribution >= 4 is 11.6 Å². The van der Waals surface area contributed by atoms with Gasteiger partial charge in [0.2, 0.25) is 0 Å². The molecule has 0 spiro atoms. The molecule has 6 heteroatoms. The van der Waals surface area contributed by atoms with Crippen molar-refractivity contribution in [1.29, 1.82) is 0 Å². The van der Waals surface area contributed by atoms with Crippen LogP contribution in [0.1, 0.15) is 23.7 Å². The number of likely N-dealkylation sites (tertiary alicyclic amines) is 1. The Morgan fingerprint density at radius 1 is 1.47 bits per heavy atom. The second-order valence-electron chi connectivity index (χ2n) is 4.84. The van der Waals surface area contributed by atoms with Gasteiger partial charge >= 0.3 is 0 Å². The molecule has 1 heterocycles. The summed E-state index contributed by atoms with van der Waals surface area (Å²) in [4.78, 5) is 23.9. The van der Waals surface area contributed by atoms with E-state index in [0.717, 1.165) is 6.42 Å². The summed E-state index contributed by atoms with van der Waals surface area (Å²) in [6, 6.07) is 5.59. The molecular weight excluding hydrogens is 248 g/mol. The summed E-state index contributed by atoms with van der Waals surface area (Å²) in [5.74, 6) is -0.0277. The molecule has 0 bridgehead atoms. The molecule has 0 saturated carbocycles. The molecule has 6 nitrogen and oxygen atoms in total. The van der Waals surface area contributed by atoms with Crippen LogP contribution in [0.5, 0.6) is 0 Å². The molecule has 1 saturated heterocycles. The summed E-state index contributed by atoms with van der Waals surface area (Å²) < 4.78 is 0. The van der Waals surface area contributed by atoms with Crippen molar-refractivity contribution in [3.05, 3.63) is 39.9 Å². The highest BCUT2D eigenvalue weighted by molar-refractivity contribution is 5.94. The topological polar surface area (TPSA) is 83.7 Å². The third-order valence-electron chi connectivity index (χ3n) is 3.52. The Morgan fingerprint density at radius 2 is 2.11 bits per heavy atom. The van der Waals surface area contributed by atoms with Crippen LogP contribution >= 0.6 is 0 Å². The predicted molar refractivity (Wildman–Crippen MR) is 68.8 cm³/mol. The second-order valence-corrected chi connectivity index (χ2v) is 4.84. The quantitative estimate of drug-likeness (QED) is 0.661. The normalized spacial score (nSPS) is 20.3. The number of hydrogen-bond acceptors (Lipinski definition) is 4. The molecule has 2 unspecified atom stereocenters. The van der Waals surface area contributed by atoms with Crippen molar-refractivity contribution < 1.29 is 14.8 Å². The van der Waals surface area contributed by atoms with Crippen LogP contribution in [0, 0.1) is 16.0 Å². The maximum atomic E-state index is 12.2. The summed E-state index contributed by atoms with van der Waals surface area (Å²) in [6.07, 6.45) is 0.366. The Labute approximate surface area is 110 Å². The minimum Gasteiger partial charge on any atom is -0.393 e. The Morgan fingerprint density at radius 3 is 2.58 bits per heavy atom. The summed E-state index contributed by atoms with van der Waals surface area (Å²) in [7, 11) is 0. The molecule has 1 aromatic carbocycles. The molecule has 1 amide bonds. The number of carbonyl (C=O) groups is 1. The van der Waals surface area contributed by atoms with E-state index in [9.17, 15) is 20.0 Å². The molecule has 1 aliphatic heterocycles. The van der Waals surface area contributed by atoms with Crippen molar-refractivity contribution in [3.63, 3.8) is 0 Å². The molecule has 0 radical (unpaired) electrons.